The average molecular weight is 457 g/mol. The summed E-state index contributed by atoms with van der Waals surface area (Å²) in [5.41, 5.74) is 1.54. The van der Waals surface area contributed by atoms with Gasteiger partial charge in [-0.1, -0.05) is 18.2 Å². The van der Waals surface area contributed by atoms with Crippen LogP contribution in [-0.4, -0.2) is 50.9 Å². The van der Waals surface area contributed by atoms with Gasteiger partial charge in [-0.15, -0.1) is 4.40 Å². The van der Waals surface area contributed by atoms with Crippen molar-refractivity contribution in [2.24, 2.45) is 4.40 Å². The van der Waals surface area contributed by atoms with Gasteiger partial charge in [0.1, 0.15) is 6.54 Å². The van der Waals surface area contributed by atoms with Gasteiger partial charge in [-0.2, -0.15) is 5.26 Å². The zero-order valence-corrected chi connectivity index (χ0v) is 17.7. The molecule has 0 bridgehead atoms. The number of ether oxygens (including phenoxy) is 1. The Balaban J connectivity index is 1.45. The number of esters is 1. The van der Waals surface area contributed by atoms with E-state index in [1.54, 1.807) is 53.4 Å². The van der Waals surface area contributed by atoms with Crippen LogP contribution in [-0.2, 0) is 19.6 Å². The van der Waals surface area contributed by atoms with Crippen LogP contribution in [0.4, 0.5) is 11.4 Å². The maximum Gasteiger partial charge on any atom is 0.338 e. The van der Waals surface area contributed by atoms with Gasteiger partial charge < -0.3 is 9.64 Å². The van der Waals surface area contributed by atoms with E-state index >= 15 is 0 Å². The summed E-state index contributed by atoms with van der Waals surface area (Å²) < 4.78 is 32.4. The number of hydrogen-bond acceptors (Lipinski definition) is 8. The summed E-state index contributed by atoms with van der Waals surface area (Å²) in [6.07, 6.45) is 0. The number of para-hydroxylation sites is 1. The van der Waals surface area contributed by atoms with Crippen molar-refractivity contribution in [3.8, 4) is 6.07 Å². The number of sulfonamides is 1. The lowest BCUT2D eigenvalue weighted by Crippen LogP contribution is -2.35. The summed E-state index contributed by atoms with van der Waals surface area (Å²) in [5, 5.41) is 9.37. The zero-order chi connectivity index (χ0) is 22.0. The Bertz CT molecular complexity index is 1220. The molecule has 0 aliphatic carbocycles. The van der Waals surface area contributed by atoms with Crippen molar-refractivity contribution < 1.29 is 22.7 Å². The topological polar surface area (TPSA) is 120 Å². The number of rotatable bonds is 5. The van der Waals surface area contributed by atoms with E-state index in [1.165, 1.54) is 4.90 Å². The first-order valence-corrected chi connectivity index (χ1v) is 11.6. The first-order chi connectivity index (χ1) is 14.9. The van der Waals surface area contributed by atoms with Crippen molar-refractivity contribution in [3.63, 3.8) is 0 Å². The van der Waals surface area contributed by atoms with Crippen LogP contribution in [0.5, 0.6) is 0 Å². The van der Waals surface area contributed by atoms with E-state index in [2.05, 4.69) is 4.40 Å². The van der Waals surface area contributed by atoms with E-state index in [1.807, 2.05) is 6.07 Å². The summed E-state index contributed by atoms with van der Waals surface area (Å²) in [6, 6.07) is 15.4. The quantitative estimate of drug-likeness (QED) is 0.495. The SMILES string of the molecule is N#CCN(C(=O)COC(=O)c1ccc2c(c1)SC1=NS(=O)(=O)CCN12)c1ccccc1. The van der Waals surface area contributed by atoms with Crippen molar-refractivity contribution in [2.45, 2.75) is 4.90 Å². The van der Waals surface area contributed by atoms with E-state index in [-0.39, 0.29) is 17.9 Å². The van der Waals surface area contributed by atoms with Crippen LogP contribution >= 0.6 is 11.8 Å². The number of thioether (sulfide) groups is 1. The fourth-order valence-electron chi connectivity index (χ4n) is 3.15. The maximum atomic E-state index is 12.5. The first-order valence-electron chi connectivity index (χ1n) is 9.19. The minimum Gasteiger partial charge on any atom is -0.452 e. The molecular weight excluding hydrogens is 440 g/mol. The van der Waals surface area contributed by atoms with Gasteiger partial charge in [0.2, 0.25) is 0 Å². The molecule has 2 aliphatic rings. The highest BCUT2D eigenvalue weighted by atomic mass is 32.2. The summed E-state index contributed by atoms with van der Waals surface area (Å²) in [7, 11) is -3.47. The number of amidine groups is 1. The molecule has 0 spiro atoms. The number of carbonyl (C=O) groups excluding carboxylic acids is 2. The highest BCUT2D eigenvalue weighted by molar-refractivity contribution is 8.15. The zero-order valence-electron chi connectivity index (χ0n) is 16.1. The van der Waals surface area contributed by atoms with E-state index in [9.17, 15) is 18.0 Å². The van der Waals surface area contributed by atoms with Crippen LogP contribution in [0.25, 0.3) is 0 Å². The summed E-state index contributed by atoms with van der Waals surface area (Å²) in [6.45, 7) is -0.388. The molecule has 31 heavy (non-hydrogen) atoms. The van der Waals surface area contributed by atoms with E-state index in [4.69, 9.17) is 10.00 Å². The predicted octanol–water partition coefficient (Wildman–Crippen LogP) is 2.01. The predicted molar refractivity (Wildman–Crippen MR) is 116 cm³/mol. The molecular formula is C20H16N4O5S2. The number of benzene rings is 2. The van der Waals surface area contributed by atoms with Crippen LogP contribution in [0.2, 0.25) is 0 Å². The van der Waals surface area contributed by atoms with E-state index in [0.717, 1.165) is 17.4 Å². The number of fused-ring (bicyclic) bond motifs is 3. The molecule has 2 aliphatic heterocycles. The standard InChI is InChI=1S/C20H16N4O5S2/c21-8-9-23(15-4-2-1-3-5-15)18(25)13-29-19(26)14-6-7-16-17(12-14)30-20-22-31(27,28)11-10-24(16)20/h1-7,12H,9-11,13H2. The Hall–Kier alpha value is -3.36. The third-order valence-corrected chi connectivity index (χ3v) is 6.94. The summed E-state index contributed by atoms with van der Waals surface area (Å²) in [5.74, 6) is -1.28. The minimum absolute atomic E-state index is 0.0665. The smallest absolute Gasteiger partial charge is 0.338 e. The number of hydrogen-bond donors (Lipinski definition) is 0. The van der Waals surface area contributed by atoms with Crippen molar-refractivity contribution in [1.82, 2.24) is 0 Å². The Morgan fingerprint density at radius 1 is 1.23 bits per heavy atom. The molecule has 0 saturated carbocycles. The second-order valence-corrected chi connectivity index (χ2v) is 9.41. The lowest BCUT2D eigenvalue weighted by Gasteiger charge is -2.22. The number of carbonyl (C=O) groups is 2. The monoisotopic (exact) mass is 456 g/mol. The number of nitriles is 1. The molecule has 2 heterocycles. The maximum absolute atomic E-state index is 12.5. The van der Waals surface area contributed by atoms with Crippen molar-refractivity contribution in [2.75, 3.05) is 35.2 Å². The van der Waals surface area contributed by atoms with Gasteiger partial charge in [-0.3, -0.25) is 9.69 Å². The van der Waals surface area contributed by atoms with Gasteiger partial charge in [0.05, 0.1) is 23.1 Å². The van der Waals surface area contributed by atoms with Crippen LogP contribution < -0.4 is 9.80 Å². The number of amides is 1. The molecule has 2 aromatic rings. The molecule has 11 heteroatoms. The van der Waals surface area contributed by atoms with Gasteiger partial charge in [0, 0.05) is 17.1 Å². The molecule has 0 unspecified atom stereocenters. The average Bonchev–Trinajstić information content (AvgIpc) is 3.11. The lowest BCUT2D eigenvalue weighted by atomic mass is 10.2. The third kappa shape index (κ3) is 4.40. The fraction of sp³-hybridized carbons (Fsp3) is 0.200. The van der Waals surface area contributed by atoms with Crippen LogP contribution in [0, 0.1) is 11.3 Å². The second-order valence-electron chi connectivity index (χ2n) is 6.65. The summed E-state index contributed by atoms with van der Waals surface area (Å²) >= 11 is 1.16. The van der Waals surface area contributed by atoms with Gasteiger partial charge in [0.15, 0.2) is 11.8 Å². The van der Waals surface area contributed by atoms with Crippen molar-refractivity contribution in [1.29, 1.82) is 5.26 Å². The van der Waals surface area contributed by atoms with E-state index in [0.29, 0.717) is 22.3 Å². The Morgan fingerprint density at radius 3 is 2.74 bits per heavy atom. The van der Waals surface area contributed by atoms with Gasteiger partial charge in [-0.25, -0.2) is 13.2 Å². The molecule has 0 atom stereocenters. The van der Waals surface area contributed by atoms with Crippen LogP contribution in [0.15, 0.2) is 57.8 Å². The molecule has 0 saturated heterocycles. The van der Waals surface area contributed by atoms with Crippen molar-refractivity contribution >= 4 is 50.2 Å². The number of nitrogens with zero attached hydrogens (tertiary/aromatic N) is 4. The number of anilines is 2. The lowest BCUT2D eigenvalue weighted by molar-refractivity contribution is -0.121. The first kappa shape index (κ1) is 20.9. The highest BCUT2D eigenvalue weighted by Crippen LogP contribution is 2.42. The Labute approximate surface area is 183 Å². The molecule has 9 nitrogen and oxygen atoms in total. The van der Waals surface area contributed by atoms with Gasteiger partial charge >= 0.3 is 5.97 Å². The largest absolute Gasteiger partial charge is 0.452 e. The van der Waals surface area contributed by atoms with Gasteiger partial charge in [0.25, 0.3) is 15.9 Å². The second kappa shape index (κ2) is 8.41. The molecule has 0 N–H and O–H groups in total. The van der Waals surface area contributed by atoms with E-state index < -0.39 is 28.5 Å². The highest BCUT2D eigenvalue weighted by Gasteiger charge is 2.33. The van der Waals surface area contributed by atoms with Crippen LogP contribution in [0.1, 0.15) is 10.4 Å². The molecule has 1 amide bonds. The molecule has 0 radical (unpaired) electrons. The fourth-order valence-corrected chi connectivity index (χ4v) is 5.44. The Morgan fingerprint density at radius 2 is 2.00 bits per heavy atom. The van der Waals surface area contributed by atoms with Crippen molar-refractivity contribution in [3.05, 3.63) is 54.1 Å². The molecule has 0 aromatic heterocycles. The molecule has 0 fully saturated rings. The van der Waals surface area contributed by atoms with Gasteiger partial charge in [-0.05, 0) is 42.1 Å². The Kier molecular flexibility index (Phi) is 5.67. The molecule has 158 valence electrons. The van der Waals surface area contributed by atoms with Crippen LogP contribution in [0.3, 0.4) is 0 Å². The normalized spacial score (nSPS) is 15.8. The molecule has 2 aromatic carbocycles. The molecule has 4 rings (SSSR count). The summed E-state index contributed by atoms with van der Waals surface area (Å²) in [4.78, 5) is 28.7. The minimum atomic E-state index is -3.47. The third-order valence-electron chi connectivity index (χ3n) is 4.63.